The predicted octanol–water partition coefficient (Wildman–Crippen LogP) is 1.10. The Morgan fingerprint density at radius 2 is 2.16 bits per heavy atom. The Morgan fingerprint density at radius 3 is 2.58 bits per heavy atom. The number of nitrogens with zero attached hydrogens (tertiary/aromatic N) is 1. The second kappa shape index (κ2) is 5.26. The second-order valence-corrected chi connectivity index (χ2v) is 7.70. The molecule has 2 heterocycles. The molecule has 1 aromatic rings. The van der Waals surface area contributed by atoms with E-state index in [2.05, 4.69) is 0 Å². The summed E-state index contributed by atoms with van der Waals surface area (Å²) in [6.07, 6.45) is 0.668. The Hall–Kier alpha value is -0.850. The van der Waals surface area contributed by atoms with Gasteiger partial charge in [0.1, 0.15) is 11.5 Å². The molecule has 0 radical (unpaired) electrons. The Kier molecular flexibility index (Phi) is 4.03. The number of likely N-dealkylation sites (N-methyl/N-ethyl adjacent to an activating group) is 1. The topological polar surface area (TPSA) is 76.5 Å². The molecule has 1 aliphatic rings. The van der Waals surface area contributed by atoms with Gasteiger partial charge in [0.15, 0.2) is 9.84 Å². The van der Waals surface area contributed by atoms with Gasteiger partial charge in [0, 0.05) is 12.1 Å². The first kappa shape index (κ1) is 14.6. The number of nitrogens with two attached hydrogens (primary N) is 1. The first-order valence-corrected chi connectivity index (χ1v) is 8.36. The van der Waals surface area contributed by atoms with Gasteiger partial charge in [-0.1, -0.05) is 0 Å². The van der Waals surface area contributed by atoms with Gasteiger partial charge in [-0.2, -0.15) is 0 Å². The molecule has 0 aromatic carbocycles. The molecule has 0 spiro atoms. The third kappa shape index (κ3) is 3.19. The highest BCUT2D eigenvalue weighted by Crippen LogP contribution is 2.29. The van der Waals surface area contributed by atoms with Crippen molar-refractivity contribution in [1.29, 1.82) is 0 Å². The van der Waals surface area contributed by atoms with Crippen LogP contribution in [0, 0.1) is 6.92 Å². The zero-order chi connectivity index (χ0) is 14.2. The highest BCUT2D eigenvalue weighted by molar-refractivity contribution is 7.91. The van der Waals surface area contributed by atoms with Gasteiger partial charge in [-0.3, -0.25) is 4.90 Å². The molecule has 0 bridgehead atoms. The van der Waals surface area contributed by atoms with E-state index in [0.717, 1.165) is 11.5 Å². The molecule has 1 aromatic heterocycles. The van der Waals surface area contributed by atoms with Gasteiger partial charge in [-0.05, 0) is 39.4 Å². The first-order valence-electron chi connectivity index (χ1n) is 6.54. The maximum Gasteiger partial charge on any atom is 0.151 e. The number of aryl methyl sites for hydroxylation is 1. The summed E-state index contributed by atoms with van der Waals surface area (Å²) in [7, 11) is -0.962. The van der Waals surface area contributed by atoms with Crippen molar-refractivity contribution < 1.29 is 12.8 Å². The van der Waals surface area contributed by atoms with E-state index in [0.29, 0.717) is 6.42 Å². The molecular formula is C13H22N2O3S. The minimum absolute atomic E-state index is 0.0198. The molecule has 3 unspecified atom stereocenters. The zero-order valence-corrected chi connectivity index (χ0v) is 12.5. The highest BCUT2D eigenvalue weighted by Gasteiger charge is 2.36. The molecule has 1 fully saturated rings. The van der Waals surface area contributed by atoms with Crippen molar-refractivity contribution >= 4 is 9.84 Å². The monoisotopic (exact) mass is 286 g/mol. The Bertz CT molecular complexity index is 536. The number of furan rings is 1. The number of hydrogen-bond donors (Lipinski definition) is 1. The lowest BCUT2D eigenvalue weighted by molar-refractivity contribution is 0.146. The van der Waals surface area contributed by atoms with Gasteiger partial charge in [0.25, 0.3) is 0 Å². The molecule has 108 valence electrons. The molecule has 2 N–H and O–H groups in total. The van der Waals surface area contributed by atoms with Crippen LogP contribution in [0.15, 0.2) is 16.5 Å². The van der Waals surface area contributed by atoms with E-state index in [1.807, 2.05) is 37.9 Å². The smallest absolute Gasteiger partial charge is 0.151 e. The van der Waals surface area contributed by atoms with Gasteiger partial charge in [-0.25, -0.2) is 8.42 Å². The van der Waals surface area contributed by atoms with E-state index >= 15 is 0 Å². The number of rotatable bonds is 4. The van der Waals surface area contributed by atoms with Crippen molar-refractivity contribution in [3.8, 4) is 0 Å². The molecule has 6 heteroatoms. The van der Waals surface area contributed by atoms with Crippen molar-refractivity contribution in [3.63, 3.8) is 0 Å². The molecule has 5 nitrogen and oxygen atoms in total. The average molecular weight is 286 g/mol. The average Bonchev–Trinajstić information content (AvgIpc) is 2.84. The van der Waals surface area contributed by atoms with Crippen LogP contribution in [0.5, 0.6) is 0 Å². The van der Waals surface area contributed by atoms with Crippen molar-refractivity contribution in [2.75, 3.05) is 18.6 Å². The third-order valence-electron chi connectivity index (χ3n) is 3.77. The van der Waals surface area contributed by atoms with E-state index in [1.165, 1.54) is 0 Å². The van der Waals surface area contributed by atoms with Gasteiger partial charge in [0.05, 0.1) is 17.5 Å². The van der Waals surface area contributed by atoms with Crippen LogP contribution in [0.1, 0.15) is 30.9 Å². The molecular weight excluding hydrogens is 264 g/mol. The van der Waals surface area contributed by atoms with Crippen molar-refractivity contribution in [2.45, 2.75) is 38.4 Å². The summed E-state index contributed by atoms with van der Waals surface area (Å²) in [5.74, 6) is 2.13. The fourth-order valence-corrected chi connectivity index (χ4v) is 4.55. The second-order valence-electron chi connectivity index (χ2n) is 5.47. The molecule has 19 heavy (non-hydrogen) atoms. The lowest BCUT2D eigenvalue weighted by atomic mass is 10.0. The summed E-state index contributed by atoms with van der Waals surface area (Å²) in [5.41, 5.74) is 6.06. The van der Waals surface area contributed by atoms with Crippen LogP contribution in [-0.4, -0.2) is 44.0 Å². The molecule has 1 aliphatic heterocycles. The quantitative estimate of drug-likeness (QED) is 0.896. The molecule has 1 saturated heterocycles. The lowest BCUT2D eigenvalue weighted by Crippen LogP contribution is -2.43. The van der Waals surface area contributed by atoms with E-state index < -0.39 is 9.84 Å². The maximum absolute atomic E-state index is 11.6. The minimum Gasteiger partial charge on any atom is -0.465 e. The minimum atomic E-state index is -2.89. The van der Waals surface area contributed by atoms with E-state index in [1.54, 1.807) is 0 Å². The largest absolute Gasteiger partial charge is 0.465 e. The SMILES string of the molecule is Cc1ccc(C(C(C)N)N(C)C2CCS(=O)(=O)C2)o1. The van der Waals surface area contributed by atoms with Crippen molar-refractivity contribution in [3.05, 3.63) is 23.7 Å². The van der Waals surface area contributed by atoms with Crippen LogP contribution in [0.25, 0.3) is 0 Å². The summed E-state index contributed by atoms with van der Waals surface area (Å²) in [5, 5.41) is 0. The molecule has 3 atom stereocenters. The van der Waals surface area contributed by atoms with Crippen LogP contribution in [0.4, 0.5) is 0 Å². The summed E-state index contributed by atoms with van der Waals surface area (Å²) >= 11 is 0. The van der Waals surface area contributed by atoms with Crippen LogP contribution < -0.4 is 5.73 Å². The first-order chi connectivity index (χ1) is 8.80. The summed E-state index contributed by atoms with van der Waals surface area (Å²) in [6, 6.07) is 3.63. The molecule has 0 aliphatic carbocycles. The fourth-order valence-electron chi connectivity index (χ4n) is 2.77. The van der Waals surface area contributed by atoms with Gasteiger partial charge in [0.2, 0.25) is 0 Å². The Balaban J connectivity index is 2.20. The highest BCUT2D eigenvalue weighted by atomic mass is 32.2. The molecule has 0 saturated carbocycles. The number of sulfone groups is 1. The van der Waals surface area contributed by atoms with E-state index in [4.69, 9.17) is 10.2 Å². The summed E-state index contributed by atoms with van der Waals surface area (Å²) in [4.78, 5) is 2.05. The Labute approximate surface area is 114 Å². The zero-order valence-electron chi connectivity index (χ0n) is 11.7. The van der Waals surface area contributed by atoms with Crippen LogP contribution in [0.2, 0.25) is 0 Å². The fraction of sp³-hybridized carbons (Fsp3) is 0.692. The van der Waals surface area contributed by atoms with Gasteiger partial charge >= 0.3 is 0 Å². The van der Waals surface area contributed by atoms with Crippen molar-refractivity contribution in [1.82, 2.24) is 4.90 Å². The summed E-state index contributed by atoms with van der Waals surface area (Å²) < 4.78 is 28.9. The van der Waals surface area contributed by atoms with Crippen molar-refractivity contribution in [2.24, 2.45) is 5.73 Å². The lowest BCUT2D eigenvalue weighted by Gasteiger charge is -2.33. The normalized spacial score (nSPS) is 25.6. The van der Waals surface area contributed by atoms with Gasteiger partial charge in [-0.15, -0.1) is 0 Å². The maximum atomic E-state index is 11.6. The van der Waals surface area contributed by atoms with Crippen LogP contribution in [0.3, 0.4) is 0 Å². The summed E-state index contributed by atoms with van der Waals surface area (Å²) in [6.45, 7) is 3.81. The molecule has 2 rings (SSSR count). The third-order valence-corrected chi connectivity index (χ3v) is 5.52. The predicted molar refractivity (Wildman–Crippen MR) is 74.7 cm³/mol. The standard InChI is InChI=1S/C13H22N2O3S/c1-9-4-5-12(18-9)13(10(2)14)15(3)11-6-7-19(16,17)8-11/h4-5,10-11,13H,6-8,14H2,1-3H3. The Morgan fingerprint density at radius 1 is 1.47 bits per heavy atom. The molecule has 0 amide bonds. The number of hydrogen-bond acceptors (Lipinski definition) is 5. The van der Waals surface area contributed by atoms with Crippen LogP contribution in [-0.2, 0) is 9.84 Å². The van der Waals surface area contributed by atoms with Crippen LogP contribution >= 0.6 is 0 Å². The van der Waals surface area contributed by atoms with E-state index in [9.17, 15) is 8.42 Å². The van der Waals surface area contributed by atoms with Gasteiger partial charge < -0.3 is 10.2 Å². The van der Waals surface area contributed by atoms with E-state index in [-0.39, 0.29) is 29.6 Å².